The quantitative estimate of drug-likeness (QED) is 0.874. The predicted octanol–water partition coefficient (Wildman–Crippen LogP) is 3.82. The normalized spacial score (nSPS) is 12.4. The minimum atomic E-state index is -0.535. The predicted molar refractivity (Wildman–Crippen MR) is 77.9 cm³/mol. The van der Waals surface area contributed by atoms with Crippen LogP contribution in [-0.2, 0) is 6.42 Å². The molecule has 0 aliphatic rings. The van der Waals surface area contributed by atoms with Gasteiger partial charge in [0.15, 0.2) is 0 Å². The molecule has 2 aromatic rings. The van der Waals surface area contributed by atoms with E-state index in [9.17, 15) is 8.78 Å². The SMILES string of the molecule is CNCC(Cc1ccc(F)cc1F)c1cccc(C)c1. The van der Waals surface area contributed by atoms with Crippen molar-refractivity contribution in [3.63, 3.8) is 0 Å². The van der Waals surface area contributed by atoms with E-state index in [1.54, 1.807) is 0 Å². The summed E-state index contributed by atoms with van der Waals surface area (Å²) in [5.74, 6) is -0.842. The van der Waals surface area contributed by atoms with E-state index < -0.39 is 11.6 Å². The van der Waals surface area contributed by atoms with Crippen molar-refractivity contribution in [1.29, 1.82) is 0 Å². The number of likely N-dealkylation sites (N-methyl/N-ethyl adjacent to an activating group) is 1. The van der Waals surface area contributed by atoms with Gasteiger partial charge in [0, 0.05) is 18.5 Å². The van der Waals surface area contributed by atoms with Crippen molar-refractivity contribution in [3.05, 3.63) is 70.8 Å². The zero-order valence-corrected chi connectivity index (χ0v) is 11.8. The van der Waals surface area contributed by atoms with Gasteiger partial charge in [0.2, 0.25) is 0 Å². The van der Waals surface area contributed by atoms with E-state index in [0.29, 0.717) is 12.0 Å². The van der Waals surface area contributed by atoms with Gasteiger partial charge in [-0.2, -0.15) is 0 Å². The molecule has 1 atom stereocenters. The Morgan fingerprint density at radius 3 is 2.55 bits per heavy atom. The van der Waals surface area contributed by atoms with Gasteiger partial charge in [-0.25, -0.2) is 8.78 Å². The molecule has 0 amide bonds. The summed E-state index contributed by atoms with van der Waals surface area (Å²) >= 11 is 0. The molecular formula is C17H19F2N. The summed E-state index contributed by atoms with van der Waals surface area (Å²) in [7, 11) is 1.88. The lowest BCUT2D eigenvalue weighted by Crippen LogP contribution is -2.19. The average Bonchev–Trinajstić information content (AvgIpc) is 2.41. The lowest BCUT2D eigenvalue weighted by molar-refractivity contribution is 0.554. The van der Waals surface area contributed by atoms with Crippen LogP contribution in [0.3, 0.4) is 0 Å². The largest absolute Gasteiger partial charge is 0.319 e. The van der Waals surface area contributed by atoms with Crippen molar-refractivity contribution in [3.8, 4) is 0 Å². The molecule has 0 aliphatic heterocycles. The molecule has 0 aromatic heterocycles. The van der Waals surface area contributed by atoms with Crippen LogP contribution >= 0.6 is 0 Å². The van der Waals surface area contributed by atoms with Crippen LogP contribution < -0.4 is 5.32 Å². The van der Waals surface area contributed by atoms with E-state index in [-0.39, 0.29) is 5.92 Å². The molecule has 106 valence electrons. The summed E-state index contributed by atoms with van der Waals surface area (Å²) in [5, 5.41) is 3.14. The number of aryl methyl sites for hydroxylation is 1. The molecule has 0 heterocycles. The molecule has 0 saturated carbocycles. The lowest BCUT2D eigenvalue weighted by Gasteiger charge is -2.18. The van der Waals surface area contributed by atoms with Gasteiger partial charge < -0.3 is 5.32 Å². The Morgan fingerprint density at radius 1 is 1.10 bits per heavy atom. The van der Waals surface area contributed by atoms with Crippen LogP contribution in [-0.4, -0.2) is 13.6 Å². The molecule has 20 heavy (non-hydrogen) atoms. The number of nitrogens with one attached hydrogen (secondary N) is 1. The molecule has 0 spiro atoms. The first-order valence-corrected chi connectivity index (χ1v) is 6.75. The van der Waals surface area contributed by atoms with E-state index in [1.165, 1.54) is 23.3 Å². The van der Waals surface area contributed by atoms with Crippen molar-refractivity contribution in [2.24, 2.45) is 0 Å². The first-order valence-electron chi connectivity index (χ1n) is 6.75. The van der Waals surface area contributed by atoms with Crippen molar-refractivity contribution in [2.75, 3.05) is 13.6 Å². The first kappa shape index (κ1) is 14.7. The van der Waals surface area contributed by atoms with Crippen LogP contribution in [0, 0.1) is 18.6 Å². The van der Waals surface area contributed by atoms with Gasteiger partial charge in [0.25, 0.3) is 0 Å². The highest BCUT2D eigenvalue weighted by Crippen LogP contribution is 2.23. The fraction of sp³-hybridized carbons (Fsp3) is 0.294. The second-order valence-electron chi connectivity index (χ2n) is 5.11. The second-order valence-corrected chi connectivity index (χ2v) is 5.11. The Labute approximate surface area is 118 Å². The van der Waals surface area contributed by atoms with Crippen LogP contribution in [0.5, 0.6) is 0 Å². The van der Waals surface area contributed by atoms with Crippen molar-refractivity contribution >= 4 is 0 Å². The number of halogens is 2. The maximum absolute atomic E-state index is 13.8. The third-order valence-corrected chi connectivity index (χ3v) is 3.45. The maximum atomic E-state index is 13.8. The first-order chi connectivity index (χ1) is 9.60. The standard InChI is InChI=1S/C17H19F2N/c1-12-4-3-5-13(8-12)15(11-20-2)9-14-6-7-16(18)10-17(14)19/h3-8,10,15,20H,9,11H2,1-2H3. The van der Waals surface area contributed by atoms with Crippen LogP contribution in [0.25, 0.3) is 0 Å². The molecule has 1 nitrogen and oxygen atoms in total. The summed E-state index contributed by atoms with van der Waals surface area (Å²) < 4.78 is 26.7. The average molecular weight is 275 g/mol. The Bertz CT molecular complexity index is 581. The minimum absolute atomic E-state index is 0.167. The number of hydrogen-bond donors (Lipinski definition) is 1. The van der Waals surface area contributed by atoms with Crippen LogP contribution in [0.4, 0.5) is 8.78 Å². The van der Waals surface area contributed by atoms with Gasteiger partial charge >= 0.3 is 0 Å². The summed E-state index contributed by atoms with van der Waals surface area (Å²) in [6, 6.07) is 12.0. The third-order valence-electron chi connectivity index (χ3n) is 3.45. The highest BCUT2D eigenvalue weighted by molar-refractivity contribution is 5.29. The minimum Gasteiger partial charge on any atom is -0.319 e. The Balaban J connectivity index is 2.25. The molecule has 2 aromatic carbocycles. The van der Waals surface area contributed by atoms with E-state index in [0.717, 1.165) is 12.6 Å². The molecule has 0 fully saturated rings. The second kappa shape index (κ2) is 6.62. The third kappa shape index (κ3) is 3.64. The van der Waals surface area contributed by atoms with Crippen molar-refractivity contribution in [1.82, 2.24) is 5.32 Å². The van der Waals surface area contributed by atoms with E-state index in [4.69, 9.17) is 0 Å². The van der Waals surface area contributed by atoms with Crippen LogP contribution in [0.2, 0.25) is 0 Å². The topological polar surface area (TPSA) is 12.0 Å². The van der Waals surface area contributed by atoms with Crippen molar-refractivity contribution in [2.45, 2.75) is 19.3 Å². The monoisotopic (exact) mass is 275 g/mol. The highest BCUT2D eigenvalue weighted by atomic mass is 19.1. The van der Waals surface area contributed by atoms with E-state index in [2.05, 4.69) is 17.4 Å². The zero-order valence-electron chi connectivity index (χ0n) is 11.8. The van der Waals surface area contributed by atoms with Gasteiger partial charge in [-0.3, -0.25) is 0 Å². The lowest BCUT2D eigenvalue weighted by atomic mass is 9.91. The number of rotatable bonds is 5. The summed E-state index contributed by atoms with van der Waals surface area (Å²) in [4.78, 5) is 0. The molecule has 2 rings (SSSR count). The van der Waals surface area contributed by atoms with Gasteiger partial charge in [-0.1, -0.05) is 35.9 Å². The molecule has 0 bridgehead atoms. The molecular weight excluding hydrogens is 256 g/mol. The van der Waals surface area contributed by atoms with Gasteiger partial charge in [0.1, 0.15) is 11.6 Å². The van der Waals surface area contributed by atoms with Gasteiger partial charge in [-0.15, -0.1) is 0 Å². The Morgan fingerprint density at radius 2 is 1.90 bits per heavy atom. The summed E-state index contributed by atoms with van der Waals surface area (Å²) in [6.07, 6.45) is 0.552. The van der Waals surface area contributed by atoms with E-state index >= 15 is 0 Å². The van der Waals surface area contributed by atoms with Gasteiger partial charge in [-0.05, 0) is 37.6 Å². The summed E-state index contributed by atoms with van der Waals surface area (Å²) in [6.45, 7) is 2.79. The molecule has 0 saturated heterocycles. The Hall–Kier alpha value is -1.74. The fourth-order valence-electron chi connectivity index (χ4n) is 2.43. The number of hydrogen-bond acceptors (Lipinski definition) is 1. The summed E-state index contributed by atoms with van der Waals surface area (Å²) in [5.41, 5.74) is 2.90. The molecule has 0 radical (unpaired) electrons. The molecule has 1 N–H and O–H groups in total. The number of benzene rings is 2. The van der Waals surface area contributed by atoms with Crippen LogP contribution in [0.1, 0.15) is 22.6 Å². The highest BCUT2D eigenvalue weighted by Gasteiger charge is 2.14. The molecule has 0 aliphatic carbocycles. The zero-order chi connectivity index (χ0) is 14.5. The maximum Gasteiger partial charge on any atom is 0.129 e. The molecule has 3 heteroatoms. The van der Waals surface area contributed by atoms with Gasteiger partial charge in [0.05, 0.1) is 0 Å². The van der Waals surface area contributed by atoms with E-state index in [1.807, 2.05) is 26.1 Å². The smallest absolute Gasteiger partial charge is 0.129 e. The fourth-order valence-corrected chi connectivity index (χ4v) is 2.43. The van der Waals surface area contributed by atoms with Crippen LogP contribution in [0.15, 0.2) is 42.5 Å². The van der Waals surface area contributed by atoms with Crippen molar-refractivity contribution < 1.29 is 8.78 Å². The molecule has 1 unspecified atom stereocenters. The Kier molecular flexibility index (Phi) is 4.85.